The third-order valence-electron chi connectivity index (χ3n) is 8.57. The number of benzene rings is 2. The largest absolute Gasteiger partial charge is 0.386 e. The van der Waals surface area contributed by atoms with Crippen molar-refractivity contribution >= 4 is 21.9 Å². The highest BCUT2D eigenvalue weighted by molar-refractivity contribution is 6.07. The summed E-state index contributed by atoms with van der Waals surface area (Å²) in [6, 6.07) is 19.5. The molecule has 1 aliphatic carbocycles. The van der Waals surface area contributed by atoms with Gasteiger partial charge in [-0.15, -0.1) is 5.10 Å². The number of aromatic nitrogens is 5. The minimum absolute atomic E-state index is 0.108. The maximum Gasteiger partial charge on any atom is 0.0960 e. The fourth-order valence-electron chi connectivity index (χ4n) is 6.37. The van der Waals surface area contributed by atoms with Crippen LogP contribution in [0.5, 0.6) is 0 Å². The first-order chi connectivity index (χ1) is 18.9. The van der Waals surface area contributed by atoms with Gasteiger partial charge in [0.05, 0.1) is 39.6 Å². The summed E-state index contributed by atoms with van der Waals surface area (Å²) in [6.45, 7) is 5.24. The van der Waals surface area contributed by atoms with Crippen molar-refractivity contribution < 1.29 is 9.84 Å². The molecule has 0 bridgehead atoms. The van der Waals surface area contributed by atoms with Gasteiger partial charge in [0.2, 0.25) is 0 Å². The number of aliphatic hydroxyl groups is 1. The molecule has 0 amide bonds. The molecule has 1 N–H and O–H groups in total. The highest BCUT2D eigenvalue weighted by atomic mass is 16.5. The molecular formula is C32H35N5O2. The van der Waals surface area contributed by atoms with Crippen LogP contribution in [0, 0.1) is 5.92 Å². The van der Waals surface area contributed by atoms with Crippen molar-refractivity contribution in [2.45, 2.75) is 57.1 Å². The van der Waals surface area contributed by atoms with Crippen LogP contribution in [0.4, 0.5) is 0 Å². The van der Waals surface area contributed by atoms with Gasteiger partial charge in [0, 0.05) is 43.3 Å². The SMILES string of the molecule is Cn1nnc(C2CC2)c1-c1cnc2c3ccc(C(C)(C)O)cc3n([C@H](c3ccccc3)C3CCOCC3)c2c1. The van der Waals surface area contributed by atoms with Crippen LogP contribution in [0.15, 0.2) is 60.8 Å². The highest BCUT2D eigenvalue weighted by Crippen LogP contribution is 2.45. The van der Waals surface area contributed by atoms with Gasteiger partial charge >= 0.3 is 0 Å². The van der Waals surface area contributed by atoms with Gasteiger partial charge in [0.25, 0.3) is 0 Å². The molecule has 0 radical (unpaired) electrons. The van der Waals surface area contributed by atoms with Crippen molar-refractivity contribution in [3.05, 3.63) is 77.6 Å². The average molecular weight is 522 g/mol. The fourth-order valence-corrected chi connectivity index (χ4v) is 6.37. The van der Waals surface area contributed by atoms with Crippen molar-refractivity contribution in [3.63, 3.8) is 0 Å². The summed E-state index contributed by atoms with van der Waals surface area (Å²) in [5, 5.41) is 21.0. The van der Waals surface area contributed by atoms with E-state index in [0.717, 1.165) is 70.5 Å². The Kier molecular flexibility index (Phi) is 5.83. The number of hydrogen-bond donors (Lipinski definition) is 1. The zero-order valence-electron chi connectivity index (χ0n) is 22.8. The van der Waals surface area contributed by atoms with E-state index in [1.165, 1.54) is 18.4 Å². The maximum absolute atomic E-state index is 10.9. The number of pyridine rings is 1. The van der Waals surface area contributed by atoms with Crippen LogP contribution in [0.2, 0.25) is 0 Å². The molecule has 5 aromatic rings. The first kappa shape index (κ1) is 24.5. The molecule has 3 aromatic heterocycles. The lowest BCUT2D eigenvalue weighted by Crippen LogP contribution is -2.27. The third kappa shape index (κ3) is 4.24. The van der Waals surface area contributed by atoms with Crippen LogP contribution in [0.1, 0.15) is 68.3 Å². The number of fused-ring (bicyclic) bond motifs is 3. The number of hydrogen-bond acceptors (Lipinski definition) is 5. The smallest absolute Gasteiger partial charge is 0.0960 e. The lowest BCUT2D eigenvalue weighted by molar-refractivity contribution is 0.0552. The van der Waals surface area contributed by atoms with Crippen LogP contribution >= 0.6 is 0 Å². The lowest BCUT2D eigenvalue weighted by atomic mass is 9.86. The van der Waals surface area contributed by atoms with Gasteiger partial charge < -0.3 is 14.4 Å². The molecule has 7 nitrogen and oxygen atoms in total. The Labute approximate surface area is 228 Å². The maximum atomic E-state index is 10.9. The molecule has 200 valence electrons. The molecule has 2 aliphatic rings. The monoisotopic (exact) mass is 521 g/mol. The Morgan fingerprint density at radius 3 is 2.46 bits per heavy atom. The molecule has 1 aliphatic heterocycles. The Morgan fingerprint density at radius 1 is 0.974 bits per heavy atom. The van der Waals surface area contributed by atoms with Crippen LogP contribution in [-0.2, 0) is 17.4 Å². The van der Waals surface area contributed by atoms with E-state index >= 15 is 0 Å². The van der Waals surface area contributed by atoms with Crippen molar-refractivity contribution in [1.82, 2.24) is 24.5 Å². The summed E-state index contributed by atoms with van der Waals surface area (Å²) >= 11 is 0. The Hall–Kier alpha value is -3.55. The van der Waals surface area contributed by atoms with Crippen molar-refractivity contribution in [1.29, 1.82) is 0 Å². The van der Waals surface area contributed by atoms with E-state index in [-0.39, 0.29) is 6.04 Å². The summed E-state index contributed by atoms with van der Waals surface area (Å²) in [7, 11) is 1.97. The second-order valence-corrected chi connectivity index (χ2v) is 11.8. The molecule has 7 rings (SSSR count). The van der Waals surface area contributed by atoms with Crippen LogP contribution in [0.3, 0.4) is 0 Å². The molecular weight excluding hydrogens is 486 g/mol. The minimum Gasteiger partial charge on any atom is -0.386 e. The Bertz CT molecular complexity index is 1650. The number of aryl methyl sites for hydroxylation is 1. The van der Waals surface area contributed by atoms with Crippen molar-refractivity contribution in [2.75, 3.05) is 13.2 Å². The minimum atomic E-state index is -0.950. The second-order valence-electron chi connectivity index (χ2n) is 11.8. The van der Waals surface area contributed by atoms with Crippen LogP contribution < -0.4 is 0 Å². The first-order valence-corrected chi connectivity index (χ1v) is 14.1. The second kappa shape index (κ2) is 9.28. The molecule has 7 heteroatoms. The number of nitrogens with zero attached hydrogens (tertiary/aromatic N) is 5. The summed E-state index contributed by atoms with van der Waals surface area (Å²) in [6.07, 6.45) is 6.31. The Morgan fingerprint density at radius 2 is 1.74 bits per heavy atom. The molecule has 2 aromatic carbocycles. The van der Waals surface area contributed by atoms with Crippen molar-refractivity contribution in [2.24, 2.45) is 13.0 Å². The van der Waals surface area contributed by atoms with Crippen molar-refractivity contribution in [3.8, 4) is 11.3 Å². The number of rotatable bonds is 6. The van der Waals surface area contributed by atoms with Gasteiger partial charge in [0.15, 0.2) is 0 Å². The van der Waals surface area contributed by atoms with Gasteiger partial charge in [-0.25, -0.2) is 4.68 Å². The standard InChI is InChI=1S/C32H35N5O2/c1-32(2,38)24-11-12-25-26(18-24)37(30(21-7-5-4-6-8-21)22-13-15-39-16-14-22)27-17-23(19-33-29(25)27)31-28(20-9-10-20)34-35-36(31)3/h4-8,11-12,17-20,22,30,38H,9-10,13-16H2,1-3H3/t30-/m1/s1. The molecule has 1 saturated heterocycles. The molecule has 4 heterocycles. The zero-order valence-corrected chi connectivity index (χ0v) is 22.8. The topological polar surface area (TPSA) is 78.0 Å². The molecule has 0 spiro atoms. The van der Waals surface area contributed by atoms with E-state index in [0.29, 0.717) is 11.8 Å². The molecule has 39 heavy (non-hydrogen) atoms. The van der Waals surface area contributed by atoms with E-state index in [1.54, 1.807) is 0 Å². The predicted molar refractivity (Wildman–Crippen MR) is 153 cm³/mol. The molecule has 2 fully saturated rings. The summed E-state index contributed by atoms with van der Waals surface area (Å²) < 4.78 is 10.2. The van der Waals surface area contributed by atoms with Gasteiger partial charge in [0.1, 0.15) is 0 Å². The quantitative estimate of drug-likeness (QED) is 0.292. The normalized spacial score (nSPS) is 17.7. The van der Waals surface area contributed by atoms with Crippen LogP contribution in [-0.4, -0.2) is 42.9 Å². The third-order valence-corrected chi connectivity index (χ3v) is 8.57. The van der Waals surface area contributed by atoms with Gasteiger partial charge in [-0.3, -0.25) is 4.98 Å². The molecule has 1 saturated carbocycles. The summed E-state index contributed by atoms with van der Waals surface area (Å²) in [4.78, 5) is 5.08. The van der Waals surface area contributed by atoms with Gasteiger partial charge in [-0.05, 0) is 68.7 Å². The molecule has 1 atom stereocenters. The van der Waals surface area contributed by atoms with E-state index < -0.39 is 5.60 Å². The zero-order chi connectivity index (χ0) is 26.7. The molecule has 0 unspecified atom stereocenters. The van der Waals surface area contributed by atoms with E-state index in [9.17, 15) is 5.11 Å². The predicted octanol–water partition coefficient (Wildman–Crippen LogP) is 6.11. The van der Waals surface area contributed by atoms with E-state index in [4.69, 9.17) is 9.72 Å². The summed E-state index contributed by atoms with van der Waals surface area (Å²) in [5.41, 5.74) is 7.58. The fraction of sp³-hybridized carbons (Fsp3) is 0.406. The Balaban J connectivity index is 1.53. The first-order valence-electron chi connectivity index (χ1n) is 14.1. The van der Waals surface area contributed by atoms with E-state index in [2.05, 4.69) is 63.4 Å². The lowest BCUT2D eigenvalue weighted by Gasteiger charge is -2.33. The van der Waals surface area contributed by atoms with Gasteiger partial charge in [-0.1, -0.05) is 47.7 Å². The van der Waals surface area contributed by atoms with Crippen LogP contribution in [0.25, 0.3) is 33.2 Å². The number of ether oxygens (including phenoxy) is 1. The van der Waals surface area contributed by atoms with E-state index in [1.807, 2.05) is 37.8 Å². The summed E-state index contributed by atoms with van der Waals surface area (Å²) in [5.74, 6) is 0.902. The average Bonchev–Trinajstić information content (AvgIpc) is 3.65. The van der Waals surface area contributed by atoms with Gasteiger partial charge in [-0.2, -0.15) is 0 Å². The highest BCUT2D eigenvalue weighted by Gasteiger charge is 2.33.